The number of carboxylic acids is 1. The van der Waals surface area contributed by atoms with E-state index in [0.29, 0.717) is 38.4 Å². The summed E-state index contributed by atoms with van der Waals surface area (Å²) >= 11 is 0. The summed E-state index contributed by atoms with van der Waals surface area (Å²) in [5, 5.41) is 20.9. The highest BCUT2D eigenvalue weighted by molar-refractivity contribution is 5.78. The van der Waals surface area contributed by atoms with Gasteiger partial charge < -0.3 is 20.4 Å². The summed E-state index contributed by atoms with van der Waals surface area (Å²) < 4.78 is 0. The van der Waals surface area contributed by atoms with Crippen molar-refractivity contribution >= 4 is 11.9 Å². The Morgan fingerprint density at radius 2 is 2.00 bits per heavy atom. The predicted molar refractivity (Wildman–Crippen MR) is 75.3 cm³/mol. The van der Waals surface area contributed by atoms with Crippen LogP contribution in [0.5, 0.6) is 0 Å². The van der Waals surface area contributed by atoms with Crippen LogP contribution in [-0.4, -0.2) is 59.8 Å². The molecule has 1 heterocycles. The van der Waals surface area contributed by atoms with E-state index in [1.54, 1.807) is 4.90 Å². The van der Waals surface area contributed by atoms with Crippen LogP contribution in [-0.2, 0) is 9.59 Å². The van der Waals surface area contributed by atoms with E-state index < -0.39 is 5.97 Å². The highest BCUT2D eigenvalue weighted by Gasteiger charge is 2.26. The highest BCUT2D eigenvalue weighted by Crippen LogP contribution is 2.17. The van der Waals surface area contributed by atoms with Gasteiger partial charge in [0.05, 0.1) is 12.5 Å². The quantitative estimate of drug-likeness (QED) is 0.597. The van der Waals surface area contributed by atoms with Crippen molar-refractivity contribution in [2.45, 2.75) is 32.6 Å². The number of piperidine rings is 1. The predicted octanol–water partition coefficient (Wildman–Crippen LogP) is 0.308. The largest absolute Gasteiger partial charge is 0.481 e. The molecule has 0 radical (unpaired) electrons. The summed E-state index contributed by atoms with van der Waals surface area (Å²) in [6, 6.07) is 0. The minimum Gasteiger partial charge on any atom is -0.481 e. The first-order valence-corrected chi connectivity index (χ1v) is 7.40. The molecule has 1 amide bonds. The molecule has 1 aliphatic rings. The molecule has 3 N–H and O–H groups in total. The number of carboxylic acid groups (broad SMARTS) is 1. The molecule has 0 saturated carbocycles. The fraction of sp³-hybridized carbons (Fsp3) is 0.857. The second-order valence-electron chi connectivity index (χ2n) is 5.41. The normalized spacial score (nSPS) is 18.0. The zero-order valence-corrected chi connectivity index (χ0v) is 12.2. The average Bonchev–Trinajstić information content (AvgIpc) is 2.46. The van der Waals surface area contributed by atoms with E-state index in [-0.39, 0.29) is 18.4 Å². The van der Waals surface area contributed by atoms with Gasteiger partial charge >= 0.3 is 5.97 Å². The van der Waals surface area contributed by atoms with Gasteiger partial charge in [0.2, 0.25) is 5.91 Å². The van der Waals surface area contributed by atoms with Crippen LogP contribution >= 0.6 is 0 Å². The molecule has 116 valence electrons. The maximum Gasteiger partial charge on any atom is 0.306 e. The smallest absolute Gasteiger partial charge is 0.306 e. The summed E-state index contributed by atoms with van der Waals surface area (Å²) in [6.07, 6.45) is 2.82. The van der Waals surface area contributed by atoms with Crippen molar-refractivity contribution in [3.63, 3.8) is 0 Å². The Labute approximate surface area is 120 Å². The minimum absolute atomic E-state index is 0.0349. The van der Waals surface area contributed by atoms with Gasteiger partial charge in [-0.2, -0.15) is 0 Å². The molecule has 1 aliphatic heterocycles. The van der Waals surface area contributed by atoms with E-state index in [4.69, 9.17) is 10.2 Å². The summed E-state index contributed by atoms with van der Waals surface area (Å²) in [5.41, 5.74) is 0. The van der Waals surface area contributed by atoms with Crippen LogP contribution in [0.15, 0.2) is 0 Å². The fourth-order valence-electron chi connectivity index (χ4n) is 2.50. The number of hydrogen-bond acceptors (Lipinski definition) is 4. The van der Waals surface area contributed by atoms with Crippen molar-refractivity contribution in [3.8, 4) is 0 Å². The lowest BCUT2D eigenvalue weighted by atomic mass is 9.97. The van der Waals surface area contributed by atoms with Gasteiger partial charge in [-0.25, -0.2) is 0 Å². The number of likely N-dealkylation sites (tertiary alicyclic amines) is 1. The molecule has 0 aromatic heterocycles. The summed E-state index contributed by atoms with van der Waals surface area (Å²) in [6.45, 7) is 4.34. The molecule has 1 unspecified atom stereocenters. The SMILES string of the molecule is CCC(CCO)CNCC(=O)N1CCC(C(=O)O)CC1. The maximum atomic E-state index is 12.0. The topological polar surface area (TPSA) is 89.9 Å². The lowest BCUT2D eigenvalue weighted by molar-refractivity contribution is -0.145. The van der Waals surface area contributed by atoms with Crippen molar-refractivity contribution in [2.24, 2.45) is 11.8 Å². The fourth-order valence-corrected chi connectivity index (χ4v) is 2.50. The van der Waals surface area contributed by atoms with Crippen molar-refractivity contribution in [1.29, 1.82) is 0 Å². The molecule has 1 fully saturated rings. The lowest BCUT2D eigenvalue weighted by Crippen LogP contribution is -2.44. The number of carbonyl (C=O) groups excluding carboxylic acids is 1. The lowest BCUT2D eigenvalue weighted by Gasteiger charge is -2.30. The molecule has 0 bridgehead atoms. The molecule has 6 heteroatoms. The van der Waals surface area contributed by atoms with Crippen molar-refractivity contribution in [3.05, 3.63) is 0 Å². The van der Waals surface area contributed by atoms with Gasteiger partial charge in [0.15, 0.2) is 0 Å². The molecule has 6 nitrogen and oxygen atoms in total. The molecular formula is C14H26N2O4. The van der Waals surface area contributed by atoms with Crippen molar-refractivity contribution in [2.75, 3.05) is 32.8 Å². The highest BCUT2D eigenvalue weighted by atomic mass is 16.4. The third-order valence-corrected chi connectivity index (χ3v) is 4.02. The van der Waals surface area contributed by atoms with Gasteiger partial charge in [-0.15, -0.1) is 0 Å². The van der Waals surface area contributed by atoms with Gasteiger partial charge in [0.1, 0.15) is 0 Å². The Morgan fingerprint density at radius 3 is 2.50 bits per heavy atom. The van der Waals surface area contributed by atoms with Crippen LogP contribution in [0, 0.1) is 11.8 Å². The first-order valence-electron chi connectivity index (χ1n) is 7.40. The van der Waals surface area contributed by atoms with E-state index in [1.165, 1.54) is 0 Å². The number of aliphatic hydroxyl groups excluding tert-OH is 1. The van der Waals surface area contributed by atoms with Crippen LogP contribution in [0.4, 0.5) is 0 Å². The first-order chi connectivity index (χ1) is 9.58. The van der Waals surface area contributed by atoms with E-state index >= 15 is 0 Å². The number of aliphatic carboxylic acids is 1. The van der Waals surface area contributed by atoms with Gasteiger partial charge in [-0.3, -0.25) is 9.59 Å². The van der Waals surface area contributed by atoms with E-state index in [0.717, 1.165) is 19.4 Å². The monoisotopic (exact) mass is 286 g/mol. The number of aliphatic hydroxyl groups is 1. The molecule has 20 heavy (non-hydrogen) atoms. The molecule has 1 rings (SSSR count). The molecule has 0 aromatic carbocycles. The van der Waals surface area contributed by atoms with Crippen LogP contribution in [0.3, 0.4) is 0 Å². The minimum atomic E-state index is -0.759. The number of carbonyl (C=O) groups is 2. The Kier molecular flexibility index (Phi) is 7.54. The van der Waals surface area contributed by atoms with Crippen LogP contribution in [0.1, 0.15) is 32.6 Å². The standard InChI is InChI=1S/C14H26N2O4/c1-2-11(5-8-17)9-15-10-13(18)16-6-3-12(4-7-16)14(19)20/h11-12,15,17H,2-10H2,1H3,(H,19,20). The number of nitrogens with zero attached hydrogens (tertiary/aromatic N) is 1. The second kappa shape index (κ2) is 8.92. The summed E-state index contributed by atoms with van der Waals surface area (Å²) in [7, 11) is 0. The number of nitrogens with one attached hydrogen (secondary N) is 1. The molecule has 1 saturated heterocycles. The molecule has 0 aliphatic carbocycles. The Bertz CT molecular complexity index is 314. The number of amides is 1. The van der Waals surface area contributed by atoms with Gasteiger partial charge in [-0.1, -0.05) is 13.3 Å². The first kappa shape index (κ1) is 16.9. The van der Waals surface area contributed by atoms with E-state index in [9.17, 15) is 9.59 Å². The van der Waals surface area contributed by atoms with Gasteiger partial charge in [0, 0.05) is 19.7 Å². The summed E-state index contributed by atoms with van der Waals surface area (Å²) in [5.74, 6) is -0.635. The third kappa shape index (κ3) is 5.46. The van der Waals surface area contributed by atoms with Crippen molar-refractivity contribution < 1.29 is 19.8 Å². The number of rotatable bonds is 8. The average molecular weight is 286 g/mol. The Balaban J connectivity index is 2.22. The Morgan fingerprint density at radius 1 is 1.35 bits per heavy atom. The summed E-state index contributed by atoms with van der Waals surface area (Å²) in [4.78, 5) is 24.5. The van der Waals surface area contributed by atoms with Crippen LogP contribution < -0.4 is 5.32 Å². The van der Waals surface area contributed by atoms with Crippen LogP contribution in [0.2, 0.25) is 0 Å². The third-order valence-electron chi connectivity index (χ3n) is 4.02. The zero-order valence-electron chi connectivity index (χ0n) is 12.2. The molecule has 0 aromatic rings. The number of hydrogen-bond donors (Lipinski definition) is 3. The van der Waals surface area contributed by atoms with Gasteiger partial charge in [-0.05, 0) is 31.7 Å². The maximum absolute atomic E-state index is 12.0. The molecule has 1 atom stereocenters. The molecular weight excluding hydrogens is 260 g/mol. The molecule has 0 spiro atoms. The van der Waals surface area contributed by atoms with E-state index in [1.807, 2.05) is 0 Å². The zero-order chi connectivity index (χ0) is 15.0. The van der Waals surface area contributed by atoms with Crippen molar-refractivity contribution in [1.82, 2.24) is 10.2 Å². The van der Waals surface area contributed by atoms with Gasteiger partial charge in [0.25, 0.3) is 0 Å². The van der Waals surface area contributed by atoms with E-state index in [2.05, 4.69) is 12.2 Å². The second-order valence-corrected chi connectivity index (χ2v) is 5.41. The van der Waals surface area contributed by atoms with Crippen LogP contribution in [0.25, 0.3) is 0 Å². The Hall–Kier alpha value is -1.14.